The highest BCUT2D eigenvalue weighted by molar-refractivity contribution is 6.01. The molecule has 0 spiro atoms. The summed E-state index contributed by atoms with van der Waals surface area (Å²) in [5.41, 5.74) is -3.66. The Morgan fingerprint density at radius 3 is 2.51 bits per heavy atom. The molecule has 2 aliphatic rings. The number of halogens is 7. The van der Waals surface area contributed by atoms with Gasteiger partial charge in [0.2, 0.25) is 5.91 Å². The Kier molecular flexibility index (Phi) is 10.9. The number of hydrogen-bond donors (Lipinski definition) is 3. The number of aliphatic hydroxyl groups is 1. The summed E-state index contributed by atoms with van der Waals surface area (Å²) in [5.74, 6) is -3.14. The van der Waals surface area contributed by atoms with E-state index in [2.05, 4.69) is 44.1 Å². The molecule has 0 bridgehead atoms. The summed E-state index contributed by atoms with van der Waals surface area (Å²) in [4.78, 5) is 36.5. The van der Waals surface area contributed by atoms with Gasteiger partial charge in [-0.2, -0.15) is 27.1 Å². The van der Waals surface area contributed by atoms with Crippen LogP contribution < -0.4 is 10.6 Å². The van der Waals surface area contributed by atoms with E-state index >= 15 is 8.78 Å². The van der Waals surface area contributed by atoms with Gasteiger partial charge in [-0.25, -0.2) is 18.7 Å². The monoisotopic (exact) mass is 823 g/mol. The van der Waals surface area contributed by atoms with Gasteiger partial charge in [-0.05, 0) is 74.4 Å². The SMILES string of the molecule is C=CCC1CC(F)(F)c2c1c(C(F)(F)F)nn2CC(=O)NC(Cc1cc(F)cc(F)c1)c1nc(C#CC(C)(C)O)ccc1-c1cc(C(=O)NC2COC2)c2nccn2c1. The van der Waals surface area contributed by atoms with Crippen LogP contribution in [0.5, 0.6) is 0 Å². The van der Waals surface area contributed by atoms with Gasteiger partial charge in [0.25, 0.3) is 11.8 Å². The topological polar surface area (TPSA) is 136 Å². The second kappa shape index (κ2) is 15.6. The molecule has 5 aromatic rings. The van der Waals surface area contributed by atoms with Crippen LogP contribution in [-0.2, 0) is 34.6 Å². The molecule has 1 saturated heterocycles. The number of imidazole rings is 1. The highest BCUT2D eigenvalue weighted by Gasteiger charge is 2.54. The zero-order valence-corrected chi connectivity index (χ0v) is 31.5. The van der Waals surface area contributed by atoms with E-state index in [1.807, 2.05) is 0 Å². The van der Waals surface area contributed by atoms with Gasteiger partial charge >= 0.3 is 6.18 Å². The quantitative estimate of drug-likeness (QED) is 0.0798. The first-order valence-corrected chi connectivity index (χ1v) is 18.3. The van der Waals surface area contributed by atoms with E-state index in [1.165, 1.54) is 38.3 Å². The number of benzene rings is 1. The maximum Gasteiger partial charge on any atom is 0.435 e. The number of rotatable bonds is 11. The Labute approximate surface area is 332 Å². The van der Waals surface area contributed by atoms with Crippen molar-refractivity contribution in [3.8, 4) is 23.0 Å². The number of pyridine rings is 2. The zero-order chi connectivity index (χ0) is 42.4. The summed E-state index contributed by atoms with van der Waals surface area (Å²) in [6, 6.07) is 5.59. The van der Waals surface area contributed by atoms with E-state index in [0.717, 1.165) is 12.1 Å². The van der Waals surface area contributed by atoms with Gasteiger partial charge in [-0.3, -0.25) is 14.3 Å². The van der Waals surface area contributed by atoms with Crippen molar-refractivity contribution < 1.29 is 50.2 Å². The highest BCUT2D eigenvalue weighted by Crippen LogP contribution is 2.53. The molecular formula is C41H36F7N7O4. The van der Waals surface area contributed by atoms with Crippen LogP contribution in [0.1, 0.15) is 82.9 Å². The number of nitrogens with one attached hydrogen (secondary N) is 2. The fraction of sp³-hybridized carbons (Fsp3) is 0.341. The van der Waals surface area contributed by atoms with E-state index in [1.54, 1.807) is 22.9 Å². The number of nitrogens with zero attached hydrogens (tertiary/aromatic N) is 5. The van der Waals surface area contributed by atoms with Crippen LogP contribution in [0.4, 0.5) is 30.7 Å². The normalized spacial score (nSPS) is 16.8. The van der Waals surface area contributed by atoms with Gasteiger partial charge in [0.15, 0.2) is 5.69 Å². The molecule has 11 nitrogen and oxygen atoms in total. The van der Waals surface area contributed by atoms with Crippen molar-refractivity contribution in [3.63, 3.8) is 0 Å². The molecule has 59 heavy (non-hydrogen) atoms. The summed E-state index contributed by atoms with van der Waals surface area (Å²) in [5, 5.41) is 19.3. The molecule has 0 radical (unpaired) electrons. The van der Waals surface area contributed by atoms with E-state index in [0.29, 0.717) is 35.2 Å². The molecule has 1 aliphatic heterocycles. The minimum atomic E-state index is -5.13. The van der Waals surface area contributed by atoms with E-state index in [-0.39, 0.29) is 47.0 Å². The van der Waals surface area contributed by atoms with Crippen molar-refractivity contribution in [2.45, 2.75) is 75.4 Å². The van der Waals surface area contributed by atoms with Crippen molar-refractivity contribution >= 4 is 17.5 Å². The summed E-state index contributed by atoms with van der Waals surface area (Å²) < 4.78 is 110. The van der Waals surface area contributed by atoms with Gasteiger partial charge in [-0.15, -0.1) is 6.58 Å². The van der Waals surface area contributed by atoms with Gasteiger partial charge in [0.1, 0.15) is 40.8 Å². The van der Waals surface area contributed by atoms with Crippen molar-refractivity contribution in [1.82, 2.24) is 34.8 Å². The highest BCUT2D eigenvalue weighted by atomic mass is 19.4. The Morgan fingerprint density at radius 2 is 1.86 bits per heavy atom. The predicted molar refractivity (Wildman–Crippen MR) is 198 cm³/mol. The van der Waals surface area contributed by atoms with Gasteiger partial charge in [0, 0.05) is 47.8 Å². The second-order valence-electron chi connectivity index (χ2n) is 14.9. The molecule has 1 aliphatic carbocycles. The molecule has 4 aromatic heterocycles. The molecule has 7 rings (SSSR count). The van der Waals surface area contributed by atoms with E-state index in [4.69, 9.17) is 4.74 Å². The average molecular weight is 824 g/mol. The number of carbonyl (C=O) groups excluding carboxylic acids is 2. The number of alkyl halides is 5. The Hall–Kier alpha value is -6.06. The lowest BCUT2D eigenvalue weighted by Crippen LogP contribution is -2.48. The zero-order valence-electron chi connectivity index (χ0n) is 31.5. The molecular weight excluding hydrogens is 787 g/mol. The molecule has 2 amide bonds. The smallest absolute Gasteiger partial charge is 0.378 e. The first-order valence-electron chi connectivity index (χ1n) is 18.3. The maximum atomic E-state index is 15.5. The van der Waals surface area contributed by atoms with Crippen molar-refractivity contribution in [2.24, 2.45) is 0 Å². The maximum absolute atomic E-state index is 15.5. The van der Waals surface area contributed by atoms with Crippen LogP contribution in [0.25, 0.3) is 16.8 Å². The largest absolute Gasteiger partial charge is 0.435 e. The molecule has 5 heterocycles. The number of amides is 2. The first-order chi connectivity index (χ1) is 27.8. The Balaban J connectivity index is 1.35. The van der Waals surface area contributed by atoms with Gasteiger partial charge in [-0.1, -0.05) is 12.0 Å². The summed E-state index contributed by atoms with van der Waals surface area (Å²) >= 11 is 0. The number of hydrogen-bond acceptors (Lipinski definition) is 7. The predicted octanol–water partition coefficient (Wildman–Crippen LogP) is 6.40. The number of ether oxygens (including phenoxy) is 1. The molecule has 3 N–H and O–H groups in total. The third-order valence-corrected chi connectivity index (χ3v) is 9.72. The lowest BCUT2D eigenvalue weighted by molar-refractivity contribution is -0.142. The second-order valence-corrected chi connectivity index (χ2v) is 14.9. The summed E-state index contributed by atoms with van der Waals surface area (Å²) in [7, 11) is 0. The third-order valence-electron chi connectivity index (χ3n) is 9.72. The minimum absolute atomic E-state index is 0.00170. The Morgan fingerprint density at radius 1 is 1.14 bits per heavy atom. The van der Waals surface area contributed by atoms with Crippen LogP contribution in [0.2, 0.25) is 0 Å². The van der Waals surface area contributed by atoms with Crippen LogP contribution in [0, 0.1) is 23.5 Å². The lowest BCUT2D eigenvalue weighted by Gasteiger charge is -2.27. The molecule has 1 fully saturated rings. The van der Waals surface area contributed by atoms with E-state index in [9.17, 15) is 36.6 Å². The first kappa shape index (κ1) is 41.1. The molecule has 2 atom stereocenters. The molecule has 18 heteroatoms. The fourth-order valence-corrected chi connectivity index (χ4v) is 7.24. The van der Waals surface area contributed by atoms with Crippen LogP contribution >= 0.6 is 0 Å². The molecule has 308 valence electrons. The molecule has 1 aromatic carbocycles. The summed E-state index contributed by atoms with van der Waals surface area (Å²) in [6.45, 7) is 5.86. The van der Waals surface area contributed by atoms with Crippen molar-refractivity contribution in [2.75, 3.05) is 13.2 Å². The van der Waals surface area contributed by atoms with Crippen LogP contribution in [0.15, 0.2) is 67.6 Å². The minimum Gasteiger partial charge on any atom is -0.378 e. The Bertz CT molecular complexity index is 2510. The third kappa shape index (κ3) is 8.86. The lowest BCUT2D eigenvalue weighted by atomic mass is 9.94. The van der Waals surface area contributed by atoms with E-state index < -0.39 is 83.0 Å². The summed E-state index contributed by atoms with van der Waals surface area (Å²) in [6.07, 6.45) is -0.759. The van der Waals surface area contributed by atoms with Gasteiger partial charge in [0.05, 0.1) is 36.6 Å². The average Bonchev–Trinajstić information content (AvgIpc) is 3.82. The number of fused-ring (bicyclic) bond motifs is 2. The number of aromatic nitrogens is 5. The molecule has 0 saturated carbocycles. The fourth-order valence-electron chi connectivity index (χ4n) is 7.24. The van der Waals surface area contributed by atoms with Crippen LogP contribution in [-0.4, -0.2) is 65.9 Å². The van der Waals surface area contributed by atoms with Crippen molar-refractivity contribution in [1.29, 1.82) is 0 Å². The number of carbonyl (C=O) groups is 2. The molecule has 2 unspecified atom stereocenters. The number of allylic oxidation sites excluding steroid dienone is 1. The standard InChI is InChI=1S/C41H36F7N7O4/c1-4-5-23-17-40(44,45)36-33(23)35(41(46,47)48)53-55(36)19-32(56)52-31(14-22-12-25(42)16-26(43)13-22)34-29(7-6-27(50-34)8-9-39(2,3)58)24-15-30(37-49-10-11-54(37)18-24)38(57)51-28-20-59-21-28/h4,6-7,10-13,15-16,18,23,28,31,58H,1,5,14,17,19-21H2,2-3H3,(H,51,57)(H,52,56). The van der Waals surface area contributed by atoms with Crippen LogP contribution in [0.3, 0.4) is 0 Å². The van der Waals surface area contributed by atoms with Crippen molar-refractivity contribution in [3.05, 3.63) is 119 Å². The van der Waals surface area contributed by atoms with Gasteiger partial charge < -0.3 is 24.9 Å².